The molecule has 3 aromatic carbocycles. The molecule has 5 rings (SSSR count). The highest BCUT2D eigenvalue weighted by molar-refractivity contribution is 7.22. The Morgan fingerprint density at radius 1 is 0.929 bits per heavy atom. The van der Waals surface area contributed by atoms with Gasteiger partial charge in [0.1, 0.15) is 11.6 Å². The van der Waals surface area contributed by atoms with E-state index in [1.54, 1.807) is 30.3 Å². The van der Waals surface area contributed by atoms with Crippen LogP contribution in [0, 0.1) is 12.7 Å². The third kappa shape index (κ3) is 5.75. The highest BCUT2D eigenvalue weighted by atomic mass is 32.1. The minimum atomic E-state index is -0.419. The van der Waals surface area contributed by atoms with E-state index < -0.39 is 5.91 Å². The van der Waals surface area contributed by atoms with Crippen LogP contribution in [0.2, 0.25) is 0 Å². The van der Waals surface area contributed by atoms with Crippen LogP contribution in [-0.4, -0.2) is 54.5 Å². The first-order chi connectivity index (χ1) is 20.2. The van der Waals surface area contributed by atoms with Crippen LogP contribution in [0.15, 0.2) is 54.6 Å². The summed E-state index contributed by atoms with van der Waals surface area (Å²) in [5.74, 6) is 0.723. The second-order valence-electron chi connectivity index (χ2n) is 9.21. The maximum Gasteiger partial charge on any atom is 0.264 e. The van der Waals surface area contributed by atoms with Gasteiger partial charge in [-0.25, -0.2) is 9.37 Å². The molecule has 0 unspecified atom stereocenters. The van der Waals surface area contributed by atoms with E-state index in [4.69, 9.17) is 18.9 Å². The van der Waals surface area contributed by atoms with Crippen LogP contribution < -0.4 is 24.3 Å². The number of carbonyl (C=O) groups is 2. The first-order valence-electron chi connectivity index (χ1n) is 12.7. The molecule has 1 amide bonds. The third-order valence-corrected chi connectivity index (χ3v) is 7.34. The second-order valence-corrected chi connectivity index (χ2v) is 10.2. The third-order valence-electron chi connectivity index (χ3n) is 6.41. The van der Waals surface area contributed by atoms with Crippen molar-refractivity contribution in [3.63, 3.8) is 0 Å². The van der Waals surface area contributed by atoms with Gasteiger partial charge in [0.2, 0.25) is 11.7 Å². The topological polar surface area (TPSA) is 114 Å². The molecule has 42 heavy (non-hydrogen) atoms. The molecule has 0 aliphatic rings. The summed E-state index contributed by atoms with van der Waals surface area (Å²) >= 11 is 1.17. The Bertz CT molecular complexity index is 1790. The molecule has 0 aliphatic heterocycles. The Labute approximate surface area is 244 Å². The number of amides is 1. The lowest BCUT2D eigenvalue weighted by atomic mass is 10.1. The van der Waals surface area contributed by atoms with Crippen LogP contribution in [0.3, 0.4) is 0 Å². The van der Waals surface area contributed by atoms with Crippen LogP contribution in [0.1, 0.15) is 17.3 Å². The molecule has 2 aromatic heterocycles. The molecule has 0 saturated carbocycles. The van der Waals surface area contributed by atoms with Gasteiger partial charge in [-0.05, 0) is 55.0 Å². The van der Waals surface area contributed by atoms with Crippen molar-refractivity contribution in [1.29, 1.82) is 0 Å². The average Bonchev–Trinajstić information content (AvgIpc) is 3.60. The molecule has 2 heterocycles. The van der Waals surface area contributed by atoms with Gasteiger partial charge in [-0.2, -0.15) is 9.78 Å². The van der Waals surface area contributed by atoms with Gasteiger partial charge in [-0.1, -0.05) is 23.5 Å². The fraction of sp³-hybridized carbons (Fsp3) is 0.200. The number of nitrogens with zero attached hydrogens (tertiary/aromatic N) is 3. The number of ether oxygens (including phenoxy) is 4. The van der Waals surface area contributed by atoms with Gasteiger partial charge >= 0.3 is 0 Å². The number of rotatable bonds is 9. The fourth-order valence-electron chi connectivity index (χ4n) is 4.36. The number of thiazole rings is 1. The van der Waals surface area contributed by atoms with Crippen LogP contribution in [-0.2, 0) is 4.79 Å². The minimum absolute atomic E-state index is 0.281. The molecule has 12 heteroatoms. The van der Waals surface area contributed by atoms with Crippen LogP contribution in [0.4, 0.5) is 9.52 Å². The number of hydrogen-bond acceptors (Lipinski definition) is 9. The first kappa shape index (κ1) is 28.6. The van der Waals surface area contributed by atoms with Crippen LogP contribution >= 0.6 is 11.3 Å². The number of hydrogen-bond donors (Lipinski definition) is 1. The number of aryl methyl sites for hydroxylation is 1. The summed E-state index contributed by atoms with van der Waals surface area (Å²) in [6.07, 6.45) is 0. The minimum Gasteiger partial charge on any atom is -0.493 e. The van der Waals surface area contributed by atoms with E-state index in [0.29, 0.717) is 60.9 Å². The Balaban J connectivity index is 1.40. The zero-order chi connectivity index (χ0) is 30.0. The van der Waals surface area contributed by atoms with E-state index in [9.17, 15) is 14.0 Å². The number of fused-ring (bicyclic) bond motifs is 1. The molecule has 0 spiro atoms. The summed E-state index contributed by atoms with van der Waals surface area (Å²) in [4.78, 5) is 29.5. The number of halogens is 1. The van der Waals surface area contributed by atoms with E-state index in [1.165, 1.54) is 56.4 Å². The van der Waals surface area contributed by atoms with Crippen molar-refractivity contribution in [2.75, 3.05) is 33.3 Å². The van der Waals surface area contributed by atoms with E-state index >= 15 is 0 Å². The lowest BCUT2D eigenvalue weighted by molar-refractivity contribution is -0.118. The SMILES string of the molecule is COc1cc(-c2cc(-c3ccc(C)c(OCC(=O)Nc4nc5ccc(F)cc5s4)c3)n(C(C)=O)n2)cc(OC)c1OC. The van der Waals surface area contributed by atoms with Gasteiger partial charge in [-0.15, -0.1) is 0 Å². The number of benzene rings is 3. The molecule has 0 aliphatic carbocycles. The average molecular weight is 591 g/mol. The van der Waals surface area contributed by atoms with Crippen molar-refractivity contribution in [2.24, 2.45) is 0 Å². The number of nitrogens with one attached hydrogen (secondary N) is 1. The predicted octanol–water partition coefficient (Wildman–Crippen LogP) is 5.98. The predicted molar refractivity (Wildman–Crippen MR) is 157 cm³/mol. The summed E-state index contributed by atoms with van der Waals surface area (Å²) in [7, 11) is 4.57. The Morgan fingerprint density at radius 3 is 2.31 bits per heavy atom. The molecule has 0 atom stereocenters. The lowest BCUT2D eigenvalue weighted by Gasteiger charge is -2.13. The Hall–Kier alpha value is -4.97. The second kappa shape index (κ2) is 11.9. The molecule has 5 aromatic rings. The Kier molecular flexibility index (Phi) is 8.07. The van der Waals surface area contributed by atoms with E-state index in [0.717, 1.165) is 5.56 Å². The van der Waals surface area contributed by atoms with Crippen molar-refractivity contribution in [2.45, 2.75) is 13.8 Å². The van der Waals surface area contributed by atoms with Gasteiger partial charge in [0, 0.05) is 18.1 Å². The number of anilines is 1. The molecule has 10 nitrogen and oxygen atoms in total. The number of methoxy groups -OCH3 is 3. The maximum absolute atomic E-state index is 13.5. The smallest absolute Gasteiger partial charge is 0.264 e. The lowest BCUT2D eigenvalue weighted by Crippen LogP contribution is -2.20. The van der Waals surface area contributed by atoms with Crippen molar-refractivity contribution < 1.29 is 32.9 Å². The fourth-order valence-corrected chi connectivity index (χ4v) is 5.27. The van der Waals surface area contributed by atoms with Gasteiger partial charge < -0.3 is 18.9 Å². The highest BCUT2D eigenvalue weighted by Gasteiger charge is 2.20. The van der Waals surface area contributed by atoms with E-state index in [2.05, 4.69) is 15.4 Å². The molecular weight excluding hydrogens is 563 g/mol. The summed E-state index contributed by atoms with van der Waals surface area (Å²) in [5, 5.41) is 7.58. The normalized spacial score (nSPS) is 10.9. The van der Waals surface area contributed by atoms with Gasteiger partial charge in [0.05, 0.1) is 42.9 Å². The van der Waals surface area contributed by atoms with Crippen LogP contribution in [0.5, 0.6) is 23.0 Å². The monoisotopic (exact) mass is 590 g/mol. The summed E-state index contributed by atoms with van der Waals surface area (Å²) in [6, 6.07) is 15.0. The largest absolute Gasteiger partial charge is 0.493 e. The van der Waals surface area contributed by atoms with Gasteiger partial charge in [0.15, 0.2) is 23.2 Å². The summed E-state index contributed by atoms with van der Waals surface area (Å²) in [5.41, 5.74) is 3.74. The zero-order valence-electron chi connectivity index (χ0n) is 23.5. The van der Waals surface area contributed by atoms with Crippen molar-refractivity contribution >= 4 is 38.5 Å². The van der Waals surface area contributed by atoms with Crippen LogP contribution in [0.25, 0.3) is 32.7 Å². The van der Waals surface area contributed by atoms with Crippen molar-refractivity contribution in [1.82, 2.24) is 14.8 Å². The van der Waals surface area contributed by atoms with Crippen molar-refractivity contribution in [3.8, 4) is 45.5 Å². The van der Waals surface area contributed by atoms with Crippen molar-refractivity contribution in [3.05, 3.63) is 66.0 Å². The van der Waals surface area contributed by atoms with Gasteiger partial charge in [0.25, 0.3) is 5.91 Å². The number of carbonyl (C=O) groups excluding carboxylic acids is 2. The maximum atomic E-state index is 13.5. The first-order valence-corrected chi connectivity index (χ1v) is 13.5. The molecule has 0 fully saturated rings. The number of aromatic nitrogens is 3. The quantitative estimate of drug-likeness (QED) is 0.223. The molecule has 0 saturated heterocycles. The highest BCUT2D eigenvalue weighted by Crippen LogP contribution is 2.41. The summed E-state index contributed by atoms with van der Waals surface area (Å²) in [6.45, 7) is 2.99. The van der Waals surface area contributed by atoms with E-state index in [1.807, 2.05) is 19.1 Å². The standard InChI is InChI=1S/C30H27FN4O6S/c1-16-6-7-18(10-24(16)41-15-28(37)33-30-32-21-9-8-20(31)13-27(21)42-30)23-14-22(34-35(23)17(2)36)19-11-25(38-3)29(40-5)26(12-19)39-4/h6-14H,15H2,1-5H3,(H,32,33,37). The Morgan fingerprint density at radius 2 is 1.64 bits per heavy atom. The molecular formula is C30H27FN4O6S. The van der Waals surface area contributed by atoms with Gasteiger partial charge in [-0.3, -0.25) is 14.9 Å². The molecule has 0 bridgehead atoms. The molecule has 216 valence electrons. The molecule has 1 N–H and O–H groups in total. The van der Waals surface area contributed by atoms with E-state index in [-0.39, 0.29) is 18.3 Å². The zero-order valence-corrected chi connectivity index (χ0v) is 24.3. The summed E-state index contributed by atoms with van der Waals surface area (Å²) < 4.78 is 37.6. The molecule has 0 radical (unpaired) electrons.